The van der Waals surface area contributed by atoms with Crippen LogP contribution in [-0.2, 0) is 4.79 Å². The van der Waals surface area contributed by atoms with Crippen LogP contribution in [0.1, 0.15) is 39.0 Å². The Morgan fingerprint density at radius 3 is 2.78 bits per heavy atom. The number of carbonyl (C=O) groups excluding carboxylic acids is 1. The second kappa shape index (κ2) is 11.2. The van der Waals surface area contributed by atoms with E-state index >= 15 is 0 Å². The number of guanidine groups is 1. The summed E-state index contributed by atoms with van der Waals surface area (Å²) >= 11 is 0. The molecular weight excluding hydrogens is 405 g/mol. The third-order valence-electron chi connectivity index (χ3n) is 3.62. The lowest BCUT2D eigenvalue weighted by molar-refractivity contribution is -0.114. The summed E-state index contributed by atoms with van der Waals surface area (Å²) < 4.78 is 0. The number of hydrogen-bond acceptors (Lipinski definition) is 3. The fraction of sp³-hybridized carbons (Fsp3) is 0.562. The highest BCUT2D eigenvalue weighted by Gasteiger charge is 2.14. The summed E-state index contributed by atoms with van der Waals surface area (Å²) in [6.45, 7) is 2.90. The Morgan fingerprint density at radius 1 is 1.35 bits per heavy atom. The van der Waals surface area contributed by atoms with Crippen LogP contribution in [0.3, 0.4) is 0 Å². The molecule has 2 rings (SSSR count). The first-order valence-electron chi connectivity index (χ1n) is 8.02. The van der Waals surface area contributed by atoms with Crippen LogP contribution in [0.25, 0.3) is 0 Å². The molecule has 3 N–H and O–H groups in total. The lowest BCUT2D eigenvalue weighted by Crippen LogP contribution is -2.44. The monoisotopic (exact) mass is 431 g/mol. The maximum Gasteiger partial charge on any atom is 0.246 e. The third kappa shape index (κ3) is 7.62. The van der Waals surface area contributed by atoms with Gasteiger partial charge in [0.15, 0.2) is 5.96 Å². The van der Waals surface area contributed by atoms with Gasteiger partial charge in [-0.2, -0.15) is 0 Å². The quantitative estimate of drug-likeness (QED) is 0.381. The fourth-order valence-corrected chi connectivity index (χ4v) is 2.55. The molecule has 0 bridgehead atoms. The van der Waals surface area contributed by atoms with Gasteiger partial charge in [-0.15, -0.1) is 24.0 Å². The number of pyridine rings is 1. The predicted octanol–water partition coefficient (Wildman–Crippen LogP) is 2.53. The summed E-state index contributed by atoms with van der Waals surface area (Å²) in [5.74, 6) is 0.574. The van der Waals surface area contributed by atoms with Crippen LogP contribution < -0.4 is 16.0 Å². The van der Waals surface area contributed by atoms with Crippen LogP contribution in [0.2, 0.25) is 0 Å². The summed E-state index contributed by atoms with van der Waals surface area (Å²) in [4.78, 5) is 20.2. The van der Waals surface area contributed by atoms with Crippen LogP contribution in [0.5, 0.6) is 0 Å². The molecule has 1 fully saturated rings. The van der Waals surface area contributed by atoms with Gasteiger partial charge in [0.1, 0.15) is 6.54 Å². The molecule has 0 radical (unpaired) electrons. The van der Waals surface area contributed by atoms with Crippen molar-refractivity contribution in [1.29, 1.82) is 0 Å². The van der Waals surface area contributed by atoms with Gasteiger partial charge in [0, 0.05) is 18.8 Å². The number of nitrogens with one attached hydrogen (secondary N) is 3. The van der Waals surface area contributed by atoms with Gasteiger partial charge < -0.3 is 16.0 Å². The molecule has 1 heterocycles. The highest BCUT2D eigenvalue weighted by atomic mass is 127. The first-order valence-corrected chi connectivity index (χ1v) is 8.02. The smallest absolute Gasteiger partial charge is 0.246 e. The Bertz CT molecular complexity index is 489. The van der Waals surface area contributed by atoms with Gasteiger partial charge in [-0.25, -0.2) is 4.99 Å². The molecule has 1 aromatic rings. The number of hydrogen-bond donors (Lipinski definition) is 3. The fourth-order valence-electron chi connectivity index (χ4n) is 2.55. The zero-order valence-corrected chi connectivity index (χ0v) is 15.9. The summed E-state index contributed by atoms with van der Waals surface area (Å²) in [6, 6.07) is 4.06. The number of rotatable bonds is 5. The van der Waals surface area contributed by atoms with Crippen LogP contribution in [0.4, 0.5) is 5.69 Å². The van der Waals surface area contributed by atoms with E-state index in [1.54, 1.807) is 24.5 Å². The molecule has 0 aromatic carbocycles. The van der Waals surface area contributed by atoms with E-state index in [1.807, 2.05) is 6.92 Å². The highest BCUT2D eigenvalue weighted by molar-refractivity contribution is 14.0. The van der Waals surface area contributed by atoms with E-state index in [4.69, 9.17) is 0 Å². The lowest BCUT2D eigenvalue weighted by atomic mass is 9.96. The normalized spacial score (nSPS) is 15.4. The van der Waals surface area contributed by atoms with Crippen LogP contribution >= 0.6 is 24.0 Å². The largest absolute Gasteiger partial charge is 0.357 e. The number of aliphatic imine (C=N–C) groups is 1. The Labute approximate surface area is 155 Å². The summed E-state index contributed by atoms with van der Waals surface area (Å²) in [7, 11) is 0. The zero-order chi connectivity index (χ0) is 15.6. The van der Waals surface area contributed by atoms with Crippen molar-refractivity contribution in [2.45, 2.75) is 45.1 Å². The van der Waals surface area contributed by atoms with Gasteiger partial charge in [-0.05, 0) is 31.9 Å². The van der Waals surface area contributed by atoms with Crippen molar-refractivity contribution in [3.8, 4) is 0 Å². The molecule has 0 aliphatic heterocycles. The average molecular weight is 431 g/mol. The van der Waals surface area contributed by atoms with Gasteiger partial charge in [0.05, 0.1) is 11.9 Å². The van der Waals surface area contributed by atoms with Gasteiger partial charge in [0.2, 0.25) is 5.91 Å². The molecule has 1 amide bonds. The van der Waals surface area contributed by atoms with Crippen molar-refractivity contribution in [2.24, 2.45) is 4.99 Å². The molecule has 0 saturated heterocycles. The van der Waals surface area contributed by atoms with Crippen molar-refractivity contribution in [2.75, 3.05) is 18.4 Å². The number of amides is 1. The lowest BCUT2D eigenvalue weighted by Gasteiger charge is -2.24. The first kappa shape index (κ1) is 19.7. The predicted molar refractivity (Wildman–Crippen MR) is 104 cm³/mol. The number of carbonyl (C=O) groups is 1. The van der Waals surface area contributed by atoms with Crippen molar-refractivity contribution < 1.29 is 4.79 Å². The molecule has 1 aromatic heterocycles. The molecule has 0 spiro atoms. The van der Waals surface area contributed by atoms with Crippen molar-refractivity contribution in [1.82, 2.24) is 15.6 Å². The molecular formula is C16H26IN5O. The number of anilines is 1. The molecule has 7 heteroatoms. The van der Waals surface area contributed by atoms with E-state index in [-0.39, 0.29) is 36.4 Å². The van der Waals surface area contributed by atoms with Gasteiger partial charge >= 0.3 is 0 Å². The van der Waals surface area contributed by atoms with Crippen LogP contribution in [0.15, 0.2) is 29.5 Å². The Hall–Kier alpha value is -1.38. The van der Waals surface area contributed by atoms with Crippen molar-refractivity contribution in [3.05, 3.63) is 24.5 Å². The Kier molecular flexibility index (Phi) is 9.58. The summed E-state index contributed by atoms with van der Waals surface area (Å²) in [5.41, 5.74) is 0.688. The molecule has 0 unspecified atom stereocenters. The molecule has 0 atom stereocenters. The van der Waals surface area contributed by atoms with Crippen LogP contribution in [0, 0.1) is 0 Å². The molecule has 1 aliphatic rings. The van der Waals surface area contributed by atoms with Gasteiger partial charge in [-0.1, -0.05) is 19.3 Å². The molecule has 1 saturated carbocycles. The maximum atomic E-state index is 11.9. The number of nitrogens with zero attached hydrogens (tertiary/aromatic N) is 2. The van der Waals surface area contributed by atoms with E-state index in [9.17, 15) is 4.79 Å². The van der Waals surface area contributed by atoms with E-state index in [2.05, 4.69) is 25.9 Å². The molecule has 23 heavy (non-hydrogen) atoms. The standard InChI is InChI=1S/C16H25N5O.HI/c1-2-18-16(21-13-7-4-3-5-8-13)19-12-15(22)20-14-9-6-10-17-11-14;/h6,9-11,13H,2-5,7-8,12H2,1H3,(H,20,22)(H2,18,19,21);1H. The third-order valence-corrected chi connectivity index (χ3v) is 3.62. The zero-order valence-electron chi connectivity index (χ0n) is 13.5. The Morgan fingerprint density at radius 2 is 2.13 bits per heavy atom. The van der Waals surface area contributed by atoms with E-state index in [0.29, 0.717) is 11.7 Å². The van der Waals surface area contributed by atoms with Gasteiger partial charge in [0.25, 0.3) is 0 Å². The minimum atomic E-state index is -0.145. The SMILES string of the molecule is CCNC(=NCC(=O)Nc1cccnc1)NC1CCCCC1.I. The second-order valence-electron chi connectivity index (χ2n) is 5.46. The highest BCUT2D eigenvalue weighted by Crippen LogP contribution is 2.17. The number of halogens is 1. The summed E-state index contributed by atoms with van der Waals surface area (Å²) in [5, 5.41) is 9.40. The van der Waals surface area contributed by atoms with E-state index in [0.717, 1.165) is 12.5 Å². The second-order valence-corrected chi connectivity index (χ2v) is 5.46. The minimum absolute atomic E-state index is 0. The average Bonchev–Trinajstić information content (AvgIpc) is 2.55. The summed E-state index contributed by atoms with van der Waals surface area (Å²) in [6.07, 6.45) is 9.48. The Balaban J connectivity index is 0.00000264. The van der Waals surface area contributed by atoms with Crippen LogP contribution in [-0.4, -0.2) is 36.0 Å². The van der Waals surface area contributed by atoms with Crippen molar-refractivity contribution in [3.63, 3.8) is 0 Å². The van der Waals surface area contributed by atoms with E-state index in [1.165, 1.54) is 32.1 Å². The van der Waals surface area contributed by atoms with E-state index < -0.39 is 0 Å². The first-order chi connectivity index (χ1) is 10.8. The van der Waals surface area contributed by atoms with Gasteiger partial charge in [-0.3, -0.25) is 9.78 Å². The molecule has 128 valence electrons. The minimum Gasteiger partial charge on any atom is -0.357 e. The molecule has 6 nitrogen and oxygen atoms in total. The number of aromatic nitrogens is 1. The topological polar surface area (TPSA) is 78.4 Å². The maximum absolute atomic E-state index is 11.9. The van der Waals surface area contributed by atoms with Crippen molar-refractivity contribution >= 4 is 41.5 Å². The molecule has 1 aliphatic carbocycles.